The van der Waals surface area contributed by atoms with Gasteiger partial charge in [0.25, 0.3) is 0 Å². The van der Waals surface area contributed by atoms with E-state index in [4.69, 9.17) is 33.8 Å². The standard InChI is InChI=1S/C22H42ClN7O/c1-2-14-3-4-15(23)12-28-17(11-14)20(21(25)26)22(31)29-18-13-27-8-5-19(18)30-9-6-16(24)7-10-30/h12,14-21,27H,2-11,13,24-26H2,1H3,(H,29,31)/b28-12-. The summed E-state index contributed by atoms with van der Waals surface area (Å²) in [6.45, 7) is 5.86. The Hall–Kier alpha value is -0.770. The molecular formula is C22H42ClN7O. The van der Waals surface area contributed by atoms with Crippen LogP contribution in [0.2, 0.25) is 0 Å². The lowest BCUT2D eigenvalue weighted by Gasteiger charge is -2.43. The monoisotopic (exact) mass is 455 g/mol. The first-order valence-corrected chi connectivity index (χ1v) is 12.5. The molecule has 6 atom stereocenters. The number of carbonyl (C=O) groups excluding carboxylic acids is 1. The third-order valence-corrected chi connectivity index (χ3v) is 7.72. The predicted molar refractivity (Wildman–Crippen MR) is 127 cm³/mol. The smallest absolute Gasteiger partial charge is 0.228 e. The number of nitrogens with zero attached hydrogens (tertiary/aromatic N) is 2. The van der Waals surface area contributed by atoms with Gasteiger partial charge in [-0.15, -0.1) is 11.6 Å². The van der Waals surface area contributed by atoms with Crippen LogP contribution in [-0.2, 0) is 4.79 Å². The molecule has 31 heavy (non-hydrogen) atoms. The highest BCUT2D eigenvalue weighted by Gasteiger charge is 2.38. The van der Waals surface area contributed by atoms with Crippen LogP contribution in [0.15, 0.2) is 4.99 Å². The van der Waals surface area contributed by atoms with Gasteiger partial charge in [0.15, 0.2) is 0 Å². The number of hydrogen-bond donors (Lipinski definition) is 5. The van der Waals surface area contributed by atoms with Crippen molar-refractivity contribution in [2.45, 2.75) is 87.6 Å². The molecular weight excluding hydrogens is 414 g/mol. The second-order valence-electron chi connectivity index (χ2n) is 9.62. The molecule has 3 heterocycles. The lowest BCUT2D eigenvalue weighted by atomic mass is 9.83. The molecule has 1 amide bonds. The molecule has 0 aromatic rings. The summed E-state index contributed by atoms with van der Waals surface area (Å²) in [5.41, 5.74) is 18.4. The molecule has 2 fully saturated rings. The van der Waals surface area contributed by atoms with Gasteiger partial charge in [-0.3, -0.25) is 14.7 Å². The average Bonchev–Trinajstić information content (AvgIpc) is 2.74. The number of hydrogen-bond acceptors (Lipinski definition) is 7. The van der Waals surface area contributed by atoms with Crippen LogP contribution in [-0.4, -0.2) is 78.9 Å². The Morgan fingerprint density at radius 2 is 2.00 bits per heavy atom. The van der Waals surface area contributed by atoms with Crippen LogP contribution in [0.5, 0.6) is 0 Å². The van der Waals surface area contributed by atoms with Gasteiger partial charge in [0.1, 0.15) is 0 Å². The molecule has 3 aliphatic heterocycles. The van der Waals surface area contributed by atoms with Gasteiger partial charge in [0, 0.05) is 24.8 Å². The normalized spacial score (nSPS) is 35.9. The van der Waals surface area contributed by atoms with E-state index in [0.717, 1.165) is 71.1 Å². The number of piperidine rings is 2. The number of nitrogens with two attached hydrogens (primary N) is 3. The van der Waals surface area contributed by atoms with Gasteiger partial charge in [0.2, 0.25) is 5.91 Å². The highest BCUT2D eigenvalue weighted by Crippen LogP contribution is 2.28. The maximum Gasteiger partial charge on any atom is 0.228 e. The van der Waals surface area contributed by atoms with E-state index in [1.54, 1.807) is 6.21 Å². The van der Waals surface area contributed by atoms with Gasteiger partial charge < -0.3 is 27.8 Å². The Kier molecular flexibility index (Phi) is 9.55. The minimum absolute atomic E-state index is 0.0251. The quantitative estimate of drug-likeness (QED) is 0.290. The van der Waals surface area contributed by atoms with E-state index in [1.165, 1.54) is 0 Å². The van der Waals surface area contributed by atoms with Gasteiger partial charge in [-0.25, -0.2) is 0 Å². The van der Waals surface area contributed by atoms with E-state index < -0.39 is 12.1 Å². The molecule has 8 N–H and O–H groups in total. The first kappa shape index (κ1) is 24.9. The number of halogens is 1. The largest absolute Gasteiger partial charge is 0.350 e. The summed E-state index contributed by atoms with van der Waals surface area (Å²) in [5.74, 6) is -0.185. The molecule has 0 spiro atoms. The summed E-state index contributed by atoms with van der Waals surface area (Å²) < 4.78 is 0. The van der Waals surface area contributed by atoms with Crippen LogP contribution >= 0.6 is 11.6 Å². The van der Waals surface area contributed by atoms with Crippen LogP contribution < -0.4 is 27.8 Å². The van der Waals surface area contributed by atoms with Crippen molar-refractivity contribution in [2.75, 3.05) is 26.2 Å². The highest BCUT2D eigenvalue weighted by atomic mass is 35.5. The second-order valence-corrected chi connectivity index (χ2v) is 10.2. The lowest BCUT2D eigenvalue weighted by molar-refractivity contribution is -0.128. The molecule has 3 rings (SSSR count). The summed E-state index contributed by atoms with van der Waals surface area (Å²) in [6, 6.07) is 0.385. The Morgan fingerprint density at radius 3 is 2.68 bits per heavy atom. The highest BCUT2D eigenvalue weighted by molar-refractivity contribution is 6.28. The summed E-state index contributed by atoms with van der Waals surface area (Å²) in [5, 5.41) is 6.62. The van der Waals surface area contributed by atoms with Crippen LogP contribution in [0.3, 0.4) is 0 Å². The first-order chi connectivity index (χ1) is 14.9. The van der Waals surface area contributed by atoms with E-state index in [2.05, 4.69) is 22.5 Å². The molecule has 9 heteroatoms. The number of likely N-dealkylation sites (tertiary alicyclic amines) is 1. The number of alkyl halides is 1. The van der Waals surface area contributed by atoms with Crippen molar-refractivity contribution in [3.8, 4) is 0 Å². The molecule has 0 bridgehead atoms. The molecule has 0 radical (unpaired) electrons. The van der Waals surface area contributed by atoms with E-state index in [0.29, 0.717) is 18.0 Å². The molecule has 0 saturated carbocycles. The predicted octanol–water partition coefficient (Wildman–Crippen LogP) is 0.373. The Morgan fingerprint density at radius 1 is 1.26 bits per heavy atom. The third-order valence-electron chi connectivity index (χ3n) is 7.39. The fourth-order valence-corrected chi connectivity index (χ4v) is 5.56. The zero-order valence-corrected chi connectivity index (χ0v) is 19.6. The number of amides is 1. The van der Waals surface area contributed by atoms with Crippen molar-refractivity contribution >= 4 is 23.7 Å². The fraction of sp³-hybridized carbons (Fsp3) is 0.909. The van der Waals surface area contributed by atoms with Crippen molar-refractivity contribution in [3.05, 3.63) is 0 Å². The van der Waals surface area contributed by atoms with E-state index in [1.807, 2.05) is 0 Å². The van der Waals surface area contributed by atoms with Gasteiger partial charge in [-0.2, -0.15) is 0 Å². The molecule has 0 aliphatic carbocycles. The Bertz CT molecular complexity index is 596. The Balaban J connectivity index is 1.71. The Labute approximate surface area is 192 Å². The number of carbonyl (C=O) groups is 1. The summed E-state index contributed by atoms with van der Waals surface area (Å²) in [6.07, 6.45) is 7.84. The molecule has 2 saturated heterocycles. The van der Waals surface area contributed by atoms with Crippen molar-refractivity contribution in [1.29, 1.82) is 0 Å². The van der Waals surface area contributed by atoms with Crippen molar-refractivity contribution < 1.29 is 4.79 Å². The van der Waals surface area contributed by atoms with Crippen molar-refractivity contribution in [1.82, 2.24) is 15.5 Å². The second kappa shape index (κ2) is 11.9. The van der Waals surface area contributed by atoms with Crippen LogP contribution in [0.25, 0.3) is 0 Å². The number of nitrogens with one attached hydrogen (secondary N) is 2. The lowest BCUT2D eigenvalue weighted by Crippen LogP contribution is -2.63. The molecule has 3 aliphatic rings. The zero-order valence-electron chi connectivity index (χ0n) is 18.9. The topological polar surface area (TPSA) is 135 Å². The van der Waals surface area contributed by atoms with Crippen LogP contribution in [0.4, 0.5) is 0 Å². The molecule has 8 nitrogen and oxygen atoms in total. The first-order valence-electron chi connectivity index (χ1n) is 12.1. The minimum atomic E-state index is -0.768. The summed E-state index contributed by atoms with van der Waals surface area (Å²) >= 11 is 6.38. The van der Waals surface area contributed by atoms with E-state index in [-0.39, 0.29) is 23.4 Å². The van der Waals surface area contributed by atoms with E-state index >= 15 is 0 Å². The maximum absolute atomic E-state index is 13.5. The molecule has 0 aromatic carbocycles. The van der Waals surface area contributed by atoms with Crippen LogP contribution in [0.1, 0.15) is 51.9 Å². The van der Waals surface area contributed by atoms with Crippen molar-refractivity contribution in [3.63, 3.8) is 0 Å². The molecule has 178 valence electrons. The van der Waals surface area contributed by atoms with Gasteiger partial charge in [-0.05, 0) is 64.1 Å². The SMILES string of the molecule is CCC1CCC(Cl)/C=N\C(C(C(=O)NC2CNCCC2N2CCC(N)CC2)C(N)N)C1. The summed E-state index contributed by atoms with van der Waals surface area (Å²) in [7, 11) is 0. The minimum Gasteiger partial charge on any atom is -0.350 e. The van der Waals surface area contributed by atoms with Gasteiger partial charge in [0.05, 0.1) is 29.5 Å². The van der Waals surface area contributed by atoms with E-state index in [9.17, 15) is 4.79 Å². The van der Waals surface area contributed by atoms with Crippen LogP contribution in [0, 0.1) is 11.8 Å². The zero-order chi connectivity index (χ0) is 22.4. The van der Waals surface area contributed by atoms with Gasteiger partial charge >= 0.3 is 0 Å². The maximum atomic E-state index is 13.5. The fourth-order valence-electron chi connectivity index (χ4n) is 5.37. The van der Waals surface area contributed by atoms with Crippen molar-refractivity contribution in [2.24, 2.45) is 34.0 Å². The summed E-state index contributed by atoms with van der Waals surface area (Å²) in [4.78, 5) is 20.7. The number of rotatable bonds is 6. The molecule has 6 unspecified atom stereocenters. The third kappa shape index (κ3) is 6.85. The van der Waals surface area contributed by atoms with Gasteiger partial charge in [-0.1, -0.05) is 13.3 Å². The number of aliphatic imine (C=N–C) groups is 1. The average molecular weight is 456 g/mol. The molecule has 0 aromatic heterocycles.